The first-order valence-electron chi connectivity index (χ1n) is 9.48. The highest BCUT2D eigenvalue weighted by Gasteiger charge is 2.19. The Kier molecular flexibility index (Phi) is 6.20. The van der Waals surface area contributed by atoms with E-state index in [0.717, 1.165) is 9.82 Å². The second-order valence-corrected chi connectivity index (χ2v) is 9.10. The highest BCUT2D eigenvalue weighted by atomic mass is 32.2. The minimum Gasteiger partial charge on any atom is -0.328 e. The molecule has 0 fully saturated rings. The molecule has 156 valence electrons. The second-order valence-electron chi connectivity index (χ2n) is 6.95. The van der Waals surface area contributed by atoms with Gasteiger partial charge in [0, 0.05) is 39.2 Å². The summed E-state index contributed by atoms with van der Waals surface area (Å²) in [6.45, 7) is 2.62. The number of aryl methyl sites for hydroxylation is 2. The van der Waals surface area contributed by atoms with Gasteiger partial charge < -0.3 is 9.88 Å². The maximum absolute atomic E-state index is 12.4. The van der Waals surface area contributed by atoms with Gasteiger partial charge in [-0.15, -0.1) is 0 Å². The number of carbonyl (C=O) groups excluding carboxylic acids is 1. The summed E-state index contributed by atoms with van der Waals surface area (Å²) in [6, 6.07) is 13.7. The van der Waals surface area contributed by atoms with Crippen LogP contribution in [0.3, 0.4) is 0 Å². The van der Waals surface area contributed by atoms with Crippen molar-refractivity contribution in [1.82, 2.24) is 13.9 Å². The Bertz CT molecular complexity index is 1240. The topological polar surface area (TPSA) is 108 Å². The molecule has 0 radical (unpaired) electrons. The van der Waals surface area contributed by atoms with Gasteiger partial charge in [-0.2, -0.15) is 5.26 Å². The van der Waals surface area contributed by atoms with Crippen LogP contribution in [0.1, 0.15) is 24.7 Å². The van der Waals surface area contributed by atoms with Crippen LogP contribution in [0.5, 0.6) is 0 Å². The van der Waals surface area contributed by atoms with Crippen LogP contribution >= 0.6 is 0 Å². The molecule has 0 aliphatic carbocycles. The Morgan fingerprint density at radius 3 is 2.67 bits per heavy atom. The third kappa shape index (κ3) is 4.35. The van der Waals surface area contributed by atoms with Crippen molar-refractivity contribution in [1.29, 1.82) is 5.26 Å². The molecule has 3 aromatic rings. The lowest BCUT2D eigenvalue weighted by Gasteiger charge is -2.11. The first-order chi connectivity index (χ1) is 14.3. The van der Waals surface area contributed by atoms with Crippen molar-refractivity contribution in [2.45, 2.75) is 31.2 Å². The summed E-state index contributed by atoms with van der Waals surface area (Å²) < 4.78 is 27.9. The standard InChI is InChI=1S/C21H23N5O3S/c1-4-26-19-9-8-17(30(28,29)25(2)3)13-18(19)24-20(26)10-11-21(27)23-16-7-5-6-15(12-16)14-22/h5-9,12-13H,4,10-11H2,1-3H3,(H,23,27). The summed E-state index contributed by atoms with van der Waals surface area (Å²) in [5.74, 6) is 0.531. The smallest absolute Gasteiger partial charge is 0.242 e. The van der Waals surface area contributed by atoms with Gasteiger partial charge in [-0.25, -0.2) is 17.7 Å². The first-order valence-corrected chi connectivity index (χ1v) is 10.9. The van der Waals surface area contributed by atoms with E-state index in [4.69, 9.17) is 5.26 Å². The maximum atomic E-state index is 12.4. The van der Waals surface area contributed by atoms with Crippen LogP contribution in [0.2, 0.25) is 0 Å². The predicted molar refractivity (Wildman–Crippen MR) is 114 cm³/mol. The molecule has 0 unspecified atom stereocenters. The number of imidazole rings is 1. The molecule has 1 N–H and O–H groups in total. The number of anilines is 1. The lowest BCUT2D eigenvalue weighted by molar-refractivity contribution is -0.116. The summed E-state index contributed by atoms with van der Waals surface area (Å²) in [7, 11) is -0.574. The van der Waals surface area contributed by atoms with Crippen LogP contribution in [0, 0.1) is 11.3 Å². The van der Waals surface area contributed by atoms with Crippen LogP contribution in [0.15, 0.2) is 47.4 Å². The van der Waals surface area contributed by atoms with E-state index in [0.29, 0.717) is 35.6 Å². The largest absolute Gasteiger partial charge is 0.328 e. The van der Waals surface area contributed by atoms with Crippen molar-refractivity contribution in [3.05, 3.63) is 53.9 Å². The Balaban J connectivity index is 1.80. The Morgan fingerprint density at radius 2 is 2.00 bits per heavy atom. The molecule has 0 bridgehead atoms. The quantitative estimate of drug-likeness (QED) is 0.626. The predicted octanol–water partition coefficient (Wildman–Crippen LogP) is 2.75. The zero-order valence-electron chi connectivity index (χ0n) is 17.1. The Labute approximate surface area is 175 Å². The summed E-state index contributed by atoms with van der Waals surface area (Å²) >= 11 is 0. The van der Waals surface area contributed by atoms with Crippen molar-refractivity contribution >= 4 is 32.7 Å². The number of nitrogens with zero attached hydrogens (tertiary/aromatic N) is 4. The van der Waals surface area contributed by atoms with E-state index in [1.54, 1.807) is 42.5 Å². The highest BCUT2D eigenvalue weighted by molar-refractivity contribution is 7.89. The van der Waals surface area contributed by atoms with E-state index in [1.807, 2.05) is 17.6 Å². The van der Waals surface area contributed by atoms with E-state index in [9.17, 15) is 13.2 Å². The van der Waals surface area contributed by atoms with Gasteiger partial charge in [0.15, 0.2) is 0 Å². The molecule has 0 aliphatic heterocycles. The van der Waals surface area contributed by atoms with E-state index >= 15 is 0 Å². The third-order valence-corrected chi connectivity index (χ3v) is 6.56. The Morgan fingerprint density at radius 1 is 1.23 bits per heavy atom. The van der Waals surface area contributed by atoms with Gasteiger partial charge in [0.25, 0.3) is 0 Å². The number of nitrogens with one attached hydrogen (secondary N) is 1. The molecule has 1 heterocycles. The molecule has 1 aromatic heterocycles. The van der Waals surface area contributed by atoms with Gasteiger partial charge in [-0.1, -0.05) is 6.07 Å². The summed E-state index contributed by atoms with van der Waals surface area (Å²) in [4.78, 5) is 17.1. The van der Waals surface area contributed by atoms with Crippen molar-refractivity contribution in [2.75, 3.05) is 19.4 Å². The molecule has 8 nitrogen and oxygen atoms in total. The van der Waals surface area contributed by atoms with Gasteiger partial charge in [-0.05, 0) is 43.3 Å². The number of hydrogen-bond donors (Lipinski definition) is 1. The minimum atomic E-state index is -3.55. The number of nitriles is 1. The lowest BCUT2D eigenvalue weighted by Crippen LogP contribution is -2.22. The number of fused-ring (bicyclic) bond motifs is 1. The van der Waals surface area contributed by atoms with E-state index < -0.39 is 10.0 Å². The molecule has 0 saturated heterocycles. The fourth-order valence-corrected chi connectivity index (χ4v) is 4.11. The summed E-state index contributed by atoms with van der Waals surface area (Å²) in [5, 5.41) is 11.7. The summed E-state index contributed by atoms with van der Waals surface area (Å²) in [6.07, 6.45) is 0.616. The number of sulfonamides is 1. The molecule has 0 atom stereocenters. The van der Waals surface area contributed by atoms with E-state index in [-0.39, 0.29) is 17.2 Å². The van der Waals surface area contributed by atoms with Crippen molar-refractivity contribution in [3.63, 3.8) is 0 Å². The van der Waals surface area contributed by atoms with E-state index in [2.05, 4.69) is 10.3 Å². The van der Waals surface area contributed by atoms with Crippen LogP contribution in [0.4, 0.5) is 5.69 Å². The molecule has 0 saturated carbocycles. The molecule has 30 heavy (non-hydrogen) atoms. The number of amides is 1. The molecular weight excluding hydrogens is 402 g/mol. The zero-order chi connectivity index (χ0) is 21.9. The number of hydrogen-bond acceptors (Lipinski definition) is 5. The monoisotopic (exact) mass is 425 g/mol. The summed E-state index contributed by atoms with van der Waals surface area (Å²) in [5.41, 5.74) is 2.45. The molecule has 2 aromatic carbocycles. The van der Waals surface area contributed by atoms with E-state index in [1.165, 1.54) is 14.1 Å². The van der Waals surface area contributed by atoms with Gasteiger partial charge >= 0.3 is 0 Å². The normalized spacial score (nSPS) is 11.6. The van der Waals surface area contributed by atoms with Gasteiger partial charge in [-0.3, -0.25) is 4.79 Å². The molecule has 0 aliphatic rings. The average Bonchev–Trinajstić information content (AvgIpc) is 3.08. The lowest BCUT2D eigenvalue weighted by atomic mass is 10.2. The molecule has 9 heteroatoms. The average molecular weight is 426 g/mol. The van der Waals surface area contributed by atoms with Crippen LogP contribution in [0.25, 0.3) is 11.0 Å². The molecule has 3 rings (SSSR count). The van der Waals surface area contributed by atoms with Gasteiger partial charge in [0.1, 0.15) is 5.82 Å². The molecule has 1 amide bonds. The number of benzene rings is 2. The second kappa shape index (κ2) is 8.65. The van der Waals surface area contributed by atoms with Gasteiger partial charge in [0.2, 0.25) is 15.9 Å². The highest BCUT2D eigenvalue weighted by Crippen LogP contribution is 2.23. The first kappa shape index (κ1) is 21.5. The number of carbonyl (C=O) groups is 1. The number of rotatable bonds is 7. The van der Waals surface area contributed by atoms with Crippen molar-refractivity contribution in [3.8, 4) is 6.07 Å². The maximum Gasteiger partial charge on any atom is 0.242 e. The van der Waals surface area contributed by atoms with Crippen molar-refractivity contribution in [2.24, 2.45) is 0 Å². The van der Waals surface area contributed by atoms with Gasteiger partial charge in [0.05, 0.1) is 27.6 Å². The molecule has 0 spiro atoms. The van der Waals surface area contributed by atoms with Crippen LogP contribution < -0.4 is 5.32 Å². The minimum absolute atomic E-state index is 0.183. The SMILES string of the molecule is CCn1c(CCC(=O)Nc2cccc(C#N)c2)nc2cc(S(=O)(=O)N(C)C)ccc21. The van der Waals surface area contributed by atoms with Crippen molar-refractivity contribution < 1.29 is 13.2 Å². The van der Waals surface area contributed by atoms with Crippen LogP contribution in [-0.2, 0) is 27.8 Å². The fourth-order valence-electron chi connectivity index (χ4n) is 3.19. The number of aromatic nitrogens is 2. The zero-order valence-corrected chi connectivity index (χ0v) is 17.9. The fraction of sp³-hybridized carbons (Fsp3) is 0.286. The third-order valence-electron chi connectivity index (χ3n) is 4.74. The van der Waals surface area contributed by atoms with Crippen LogP contribution in [-0.4, -0.2) is 42.3 Å². The molecular formula is C21H23N5O3S. The Hall–Kier alpha value is -3.22.